The van der Waals surface area contributed by atoms with E-state index in [0.29, 0.717) is 41.1 Å². The van der Waals surface area contributed by atoms with Gasteiger partial charge in [0.2, 0.25) is 11.8 Å². The number of nitrogens with one attached hydrogen (secondary N) is 2. The van der Waals surface area contributed by atoms with Crippen LogP contribution in [0.2, 0.25) is 0 Å². The van der Waals surface area contributed by atoms with Gasteiger partial charge in [-0.2, -0.15) is 0 Å². The van der Waals surface area contributed by atoms with Gasteiger partial charge in [-0.3, -0.25) is 19.4 Å². The number of hydrogen-bond acceptors (Lipinski definition) is 7. The van der Waals surface area contributed by atoms with Gasteiger partial charge in [-0.05, 0) is 42.7 Å². The third kappa shape index (κ3) is 6.49. The molecule has 0 radical (unpaired) electrons. The van der Waals surface area contributed by atoms with E-state index in [4.69, 9.17) is 14.7 Å². The standard InChI is InChI=1S/C31H31N5O4S/c1-3-26(29(38)33-21-12-9-13-22(18-21)40-2)41-31-35-24-15-8-7-14-23(24)28-34-25(30(39)36(28)31)16-17-27(37)32-19-20-10-5-4-6-11-20/h4-15,18,25-26H,3,16-17,19H2,1-2H3,(H,32,37)(H,33,38)/t25-,26+/m0/s1. The molecule has 0 fully saturated rings. The number of thioether (sulfide) groups is 1. The molecular weight excluding hydrogens is 538 g/mol. The van der Waals surface area contributed by atoms with Crippen molar-refractivity contribution in [3.63, 3.8) is 0 Å². The molecule has 0 aliphatic carbocycles. The second kappa shape index (κ2) is 12.8. The molecule has 0 saturated heterocycles. The summed E-state index contributed by atoms with van der Waals surface area (Å²) in [5.41, 5.74) is 3.05. The van der Waals surface area contributed by atoms with Crippen LogP contribution in [-0.4, -0.2) is 52.0 Å². The fourth-order valence-corrected chi connectivity index (χ4v) is 5.61. The monoisotopic (exact) mass is 569 g/mol. The van der Waals surface area contributed by atoms with E-state index in [2.05, 4.69) is 10.6 Å². The molecule has 0 aromatic heterocycles. The van der Waals surface area contributed by atoms with Gasteiger partial charge in [-0.15, -0.1) is 0 Å². The predicted octanol–water partition coefficient (Wildman–Crippen LogP) is 4.90. The number of carbonyl (C=O) groups is 3. The second-order valence-corrected chi connectivity index (χ2v) is 10.8. The molecule has 0 bridgehead atoms. The van der Waals surface area contributed by atoms with E-state index < -0.39 is 11.3 Å². The number of hydrogen-bond donors (Lipinski definition) is 2. The van der Waals surface area contributed by atoms with E-state index in [1.54, 1.807) is 31.4 Å². The Kier molecular flexibility index (Phi) is 8.79. The minimum absolute atomic E-state index is 0.143. The molecule has 0 saturated carbocycles. The second-order valence-electron chi connectivity index (χ2n) is 9.59. The van der Waals surface area contributed by atoms with Crippen molar-refractivity contribution >= 4 is 51.9 Å². The fourth-order valence-electron chi connectivity index (χ4n) is 4.59. The smallest absolute Gasteiger partial charge is 0.259 e. The number of amidine groups is 2. The summed E-state index contributed by atoms with van der Waals surface area (Å²) in [5, 5.41) is 5.73. The van der Waals surface area contributed by atoms with Crippen LogP contribution in [0, 0.1) is 0 Å². The Morgan fingerprint density at radius 1 is 1.05 bits per heavy atom. The normalized spacial score (nSPS) is 16.2. The number of methoxy groups -OCH3 is 1. The molecule has 2 aliphatic heterocycles. The van der Waals surface area contributed by atoms with E-state index in [9.17, 15) is 14.4 Å². The number of nitrogens with zero attached hydrogens (tertiary/aromatic N) is 3. The number of fused-ring (bicyclic) bond motifs is 3. The summed E-state index contributed by atoms with van der Waals surface area (Å²) in [6, 6.07) is 23.6. The van der Waals surface area contributed by atoms with E-state index in [-0.39, 0.29) is 30.6 Å². The van der Waals surface area contributed by atoms with Gasteiger partial charge in [0, 0.05) is 30.3 Å². The highest BCUT2D eigenvalue weighted by Gasteiger charge is 2.42. The molecular formula is C31H31N5O4S. The molecule has 3 amide bonds. The maximum Gasteiger partial charge on any atom is 0.259 e. The Balaban J connectivity index is 1.29. The highest BCUT2D eigenvalue weighted by molar-refractivity contribution is 8.15. The third-order valence-corrected chi connectivity index (χ3v) is 8.09. The molecule has 2 atom stereocenters. The first-order valence-corrected chi connectivity index (χ1v) is 14.4. The van der Waals surface area contributed by atoms with E-state index >= 15 is 0 Å². The van der Waals surface area contributed by atoms with Crippen LogP contribution >= 0.6 is 11.8 Å². The maximum absolute atomic E-state index is 13.6. The zero-order valence-corrected chi connectivity index (χ0v) is 23.7. The Morgan fingerprint density at radius 3 is 2.61 bits per heavy atom. The lowest BCUT2D eigenvalue weighted by atomic mass is 10.1. The van der Waals surface area contributed by atoms with E-state index in [0.717, 1.165) is 11.1 Å². The van der Waals surface area contributed by atoms with Gasteiger partial charge in [-0.1, -0.05) is 67.2 Å². The van der Waals surface area contributed by atoms with E-state index in [1.165, 1.54) is 16.7 Å². The zero-order chi connectivity index (χ0) is 28.8. The van der Waals surface area contributed by atoms with Crippen LogP contribution < -0.4 is 15.4 Å². The highest BCUT2D eigenvalue weighted by atomic mass is 32.2. The summed E-state index contributed by atoms with van der Waals surface area (Å²) in [4.78, 5) is 50.4. The maximum atomic E-state index is 13.6. The predicted molar refractivity (Wildman–Crippen MR) is 162 cm³/mol. The Labute approximate surface area is 243 Å². The average molecular weight is 570 g/mol. The van der Waals surface area contributed by atoms with Crippen LogP contribution in [0.4, 0.5) is 11.4 Å². The SMILES string of the molecule is CC[C@@H](SC1=Nc2ccccc2C2=N[C@@H](CCC(=O)NCc3ccccc3)C(=O)N12)C(=O)Nc1cccc(OC)c1. The van der Waals surface area contributed by atoms with Gasteiger partial charge in [0.15, 0.2) is 5.17 Å². The van der Waals surface area contributed by atoms with Crippen molar-refractivity contribution in [1.29, 1.82) is 0 Å². The molecule has 3 aromatic carbocycles. The van der Waals surface area contributed by atoms with Crippen molar-refractivity contribution in [3.8, 4) is 5.75 Å². The quantitative estimate of drug-likeness (QED) is 0.361. The van der Waals surface area contributed by atoms with Crippen LogP contribution in [0.3, 0.4) is 0 Å². The number of para-hydroxylation sites is 1. The zero-order valence-electron chi connectivity index (χ0n) is 22.9. The summed E-state index contributed by atoms with van der Waals surface area (Å²) in [5.74, 6) is 0.542. The molecule has 210 valence electrons. The molecule has 0 spiro atoms. The van der Waals surface area contributed by atoms with Crippen molar-refractivity contribution in [2.24, 2.45) is 9.98 Å². The first kappa shape index (κ1) is 28.1. The molecule has 10 heteroatoms. The third-order valence-electron chi connectivity index (χ3n) is 6.77. The molecule has 3 aromatic rings. The van der Waals surface area contributed by atoms with Gasteiger partial charge in [0.05, 0.1) is 18.0 Å². The minimum Gasteiger partial charge on any atom is -0.497 e. The first-order chi connectivity index (χ1) is 20.0. The van der Waals surface area contributed by atoms with Gasteiger partial charge in [-0.25, -0.2) is 9.89 Å². The van der Waals surface area contributed by atoms with Gasteiger partial charge < -0.3 is 15.4 Å². The van der Waals surface area contributed by atoms with Gasteiger partial charge in [0.1, 0.15) is 17.6 Å². The van der Waals surface area contributed by atoms with Crippen molar-refractivity contribution < 1.29 is 19.1 Å². The van der Waals surface area contributed by atoms with Crippen molar-refractivity contribution in [3.05, 3.63) is 90.0 Å². The lowest BCUT2D eigenvalue weighted by Gasteiger charge is -2.27. The lowest BCUT2D eigenvalue weighted by Crippen LogP contribution is -2.42. The van der Waals surface area contributed by atoms with Crippen LogP contribution in [0.15, 0.2) is 88.8 Å². The summed E-state index contributed by atoms with van der Waals surface area (Å²) in [6.45, 7) is 2.34. The number of anilines is 1. The number of benzene rings is 3. The van der Waals surface area contributed by atoms with Gasteiger partial charge in [0.25, 0.3) is 5.91 Å². The van der Waals surface area contributed by atoms with Crippen LogP contribution in [-0.2, 0) is 20.9 Å². The summed E-state index contributed by atoms with van der Waals surface area (Å²) >= 11 is 1.23. The summed E-state index contributed by atoms with van der Waals surface area (Å²) < 4.78 is 5.26. The largest absolute Gasteiger partial charge is 0.497 e. The lowest BCUT2D eigenvalue weighted by molar-refractivity contribution is -0.125. The minimum atomic E-state index is -0.713. The molecule has 2 heterocycles. The number of aliphatic imine (C=N–C) groups is 2. The topological polar surface area (TPSA) is 112 Å². The summed E-state index contributed by atoms with van der Waals surface area (Å²) in [6.07, 6.45) is 0.948. The molecule has 0 unspecified atom stereocenters. The Hall–Kier alpha value is -4.44. The van der Waals surface area contributed by atoms with Gasteiger partial charge >= 0.3 is 0 Å². The molecule has 2 N–H and O–H groups in total. The van der Waals surface area contributed by atoms with Crippen LogP contribution in [0.5, 0.6) is 5.75 Å². The van der Waals surface area contributed by atoms with Crippen molar-refractivity contribution in [2.75, 3.05) is 12.4 Å². The number of ether oxygens (including phenoxy) is 1. The number of rotatable bonds is 10. The number of amides is 3. The Bertz CT molecular complexity index is 1510. The van der Waals surface area contributed by atoms with Crippen LogP contribution in [0.25, 0.3) is 0 Å². The average Bonchev–Trinajstić information content (AvgIpc) is 3.34. The Morgan fingerprint density at radius 2 is 1.83 bits per heavy atom. The molecule has 5 rings (SSSR count). The molecule has 41 heavy (non-hydrogen) atoms. The summed E-state index contributed by atoms with van der Waals surface area (Å²) in [7, 11) is 1.57. The van der Waals surface area contributed by atoms with Crippen LogP contribution in [0.1, 0.15) is 37.3 Å². The molecule has 9 nitrogen and oxygen atoms in total. The van der Waals surface area contributed by atoms with E-state index in [1.807, 2.05) is 61.5 Å². The first-order valence-electron chi connectivity index (χ1n) is 13.5. The molecule has 2 aliphatic rings. The van der Waals surface area contributed by atoms with Crippen molar-refractivity contribution in [1.82, 2.24) is 10.2 Å². The number of carbonyl (C=O) groups excluding carboxylic acids is 3. The highest BCUT2D eigenvalue weighted by Crippen LogP contribution is 2.36. The van der Waals surface area contributed by atoms with Crippen molar-refractivity contribution in [2.45, 2.75) is 44.0 Å². The fraction of sp³-hybridized carbons (Fsp3) is 0.258.